The number of phenolic OH excluding ortho intramolecular Hbond substituents is 2. The zero-order chi connectivity index (χ0) is 20.5. The van der Waals surface area contributed by atoms with E-state index in [1.165, 1.54) is 30.3 Å². The molecule has 0 saturated carbocycles. The lowest BCUT2D eigenvalue weighted by molar-refractivity contribution is -0.147. The third-order valence-electron chi connectivity index (χ3n) is 5.02. The fourth-order valence-electron chi connectivity index (χ4n) is 3.58. The number of carbonyl (C=O) groups is 3. The number of ketones is 2. The Morgan fingerprint density at radius 2 is 1.72 bits per heavy atom. The van der Waals surface area contributed by atoms with Crippen LogP contribution in [0.25, 0.3) is 0 Å². The Morgan fingerprint density at radius 3 is 2.48 bits per heavy atom. The molecule has 0 radical (unpaired) electrons. The summed E-state index contributed by atoms with van der Waals surface area (Å²) in [6, 6.07) is 6.96. The van der Waals surface area contributed by atoms with Crippen LogP contribution in [0.4, 0.5) is 0 Å². The van der Waals surface area contributed by atoms with E-state index >= 15 is 0 Å². The number of carbonyl (C=O) groups excluding carboxylic acids is 3. The predicted molar refractivity (Wildman–Crippen MR) is 100 cm³/mol. The molecule has 2 aromatic carbocycles. The van der Waals surface area contributed by atoms with E-state index in [1.807, 2.05) is 4.90 Å². The van der Waals surface area contributed by atoms with Gasteiger partial charge in [0.1, 0.15) is 18.1 Å². The van der Waals surface area contributed by atoms with E-state index in [-0.39, 0.29) is 41.2 Å². The van der Waals surface area contributed by atoms with Crippen molar-refractivity contribution >= 4 is 17.5 Å². The van der Waals surface area contributed by atoms with Crippen LogP contribution < -0.4 is 0 Å². The minimum Gasteiger partial charge on any atom is -0.507 e. The van der Waals surface area contributed by atoms with Crippen molar-refractivity contribution in [3.63, 3.8) is 0 Å². The summed E-state index contributed by atoms with van der Waals surface area (Å²) in [4.78, 5) is 39.5. The fourth-order valence-corrected chi connectivity index (χ4v) is 3.58. The Hall–Kier alpha value is -3.23. The van der Waals surface area contributed by atoms with Crippen molar-refractivity contribution in [1.82, 2.24) is 4.90 Å². The van der Waals surface area contributed by atoms with Crippen molar-refractivity contribution in [2.75, 3.05) is 32.8 Å². The number of rotatable bonds is 4. The van der Waals surface area contributed by atoms with Gasteiger partial charge in [0, 0.05) is 24.2 Å². The summed E-state index contributed by atoms with van der Waals surface area (Å²) in [5.74, 6) is -2.24. The van der Waals surface area contributed by atoms with E-state index in [0.29, 0.717) is 31.9 Å². The lowest BCUT2D eigenvalue weighted by Crippen LogP contribution is -2.40. The van der Waals surface area contributed by atoms with Crippen molar-refractivity contribution in [2.45, 2.75) is 6.61 Å². The van der Waals surface area contributed by atoms with Crippen LogP contribution in [0, 0.1) is 0 Å². The molecule has 1 aliphatic carbocycles. The van der Waals surface area contributed by atoms with Crippen molar-refractivity contribution < 1.29 is 34.1 Å². The molecule has 1 saturated heterocycles. The molecule has 0 atom stereocenters. The molecule has 8 heteroatoms. The molecular weight excluding hydrogens is 378 g/mol. The number of ether oxygens (including phenoxy) is 2. The highest BCUT2D eigenvalue weighted by Crippen LogP contribution is 2.37. The molecule has 2 aromatic rings. The van der Waals surface area contributed by atoms with Crippen LogP contribution >= 0.6 is 0 Å². The predicted octanol–water partition coefficient (Wildman–Crippen LogP) is 1.25. The van der Waals surface area contributed by atoms with Crippen LogP contribution in [0.1, 0.15) is 37.4 Å². The highest BCUT2D eigenvalue weighted by molar-refractivity contribution is 6.30. The topological polar surface area (TPSA) is 113 Å². The van der Waals surface area contributed by atoms with Crippen LogP contribution in [0.15, 0.2) is 30.3 Å². The number of benzene rings is 2. The Balaban J connectivity index is 1.54. The molecule has 8 nitrogen and oxygen atoms in total. The molecule has 0 bridgehead atoms. The highest BCUT2D eigenvalue weighted by Gasteiger charge is 2.34. The van der Waals surface area contributed by atoms with Crippen molar-refractivity contribution in [3.8, 4) is 11.5 Å². The Bertz CT molecular complexity index is 1010. The van der Waals surface area contributed by atoms with Crippen molar-refractivity contribution in [1.29, 1.82) is 0 Å². The fraction of sp³-hybridized carbons (Fsp3) is 0.286. The maximum atomic E-state index is 12.8. The van der Waals surface area contributed by atoms with Gasteiger partial charge in [-0.2, -0.15) is 0 Å². The van der Waals surface area contributed by atoms with Crippen LogP contribution in [-0.4, -0.2) is 65.5 Å². The second-order valence-corrected chi connectivity index (χ2v) is 6.94. The summed E-state index contributed by atoms with van der Waals surface area (Å²) in [6.07, 6.45) is 0. The monoisotopic (exact) mass is 397 g/mol. The molecule has 1 aliphatic heterocycles. The van der Waals surface area contributed by atoms with Gasteiger partial charge in [-0.1, -0.05) is 12.1 Å². The quantitative estimate of drug-likeness (QED) is 0.633. The third kappa shape index (κ3) is 3.59. The summed E-state index contributed by atoms with van der Waals surface area (Å²) in [7, 11) is 0. The molecule has 29 heavy (non-hydrogen) atoms. The van der Waals surface area contributed by atoms with Crippen molar-refractivity contribution in [2.24, 2.45) is 0 Å². The molecule has 0 amide bonds. The van der Waals surface area contributed by atoms with Gasteiger partial charge in [-0.05, 0) is 23.8 Å². The molecule has 0 spiro atoms. The summed E-state index contributed by atoms with van der Waals surface area (Å²) in [6.45, 7) is 2.43. The van der Waals surface area contributed by atoms with E-state index in [4.69, 9.17) is 9.47 Å². The van der Waals surface area contributed by atoms with Crippen molar-refractivity contribution in [3.05, 3.63) is 58.1 Å². The van der Waals surface area contributed by atoms with Gasteiger partial charge >= 0.3 is 5.97 Å². The van der Waals surface area contributed by atoms with Gasteiger partial charge in [-0.3, -0.25) is 19.3 Å². The first-order valence-corrected chi connectivity index (χ1v) is 9.18. The number of hydrogen-bond donors (Lipinski definition) is 2. The van der Waals surface area contributed by atoms with E-state index in [2.05, 4.69) is 0 Å². The first-order valence-electron chi connectivity index (χ1n) is 9.18. The zero-order valence-electron chi connectivity index (χ0n) is 15.5. The van der Waals surface area contributed by atoms with Gasteiger partial charge in [0.2, 0.25) is 5.78 Å². The van der Waals surface area contributed by atoms with E-state index in [0.717, 1.165) is 0 Å². The lowest BCUT2D eigenvalue weighted by Gasteiger charge is -2.25. The SMILES string of the molecule is O=C(CN1CCOCC1)OCc1cc(O)c2c(c1)C(=O)c1cccc(O)c1C2=O. The first kappa shape index (κ1) is 19.1. The molecule has 0 unspecified atom stereocenters. The average Bonchev–Trinajstić information content (AvgIpc) is 2.70. The number of aromatic hydroxyl groups is 2. The molecule has 2 aliphatic rings. The minimum atomic E-state index is -0.624. The molecule has 150 valence electrons. The van der Waals surface area contributed by atoms with Crippen LogP contribution in [0.2, 0.25) is 0 Å². The van der Waals surface area contributed by atoms with Gasteiger partial charge in [0.15, 0.2) is 5.78 Å². The number of morpholine rings is 1. The van der Waals surface area contributed by atoms with E-state index < -0.39 is 23.3 Å². The first-order chi connectivity index (χ1) is 14.0. The van der Waals surface area contributed by atoms with E-state index in [1.54, 1.807) is 0 Å². The molecule has 0 aromatic heterocycles. The highest BCUT2D eigenvalue weighted by atomic mass is 16.5. The number of phenols is 2. The number of esters is 1. The third-order valence-corrected chi connectivity index (χ3v) is 5.02. The molecular formula is C21H19NO7. The van der Waals surface area contributed by atoms with Gasteiger partial charge in [0.25, 0.3) is 0 Å². The lowest BCUT2D eigenvalue weighted by atomic mass is 9.82. The number of hydrogen-bond acceptors (Lipinski definition) is 8. The minimum absolute atomic E-state index is 0.0207. The molecule has 1 heterocycles. The van der Waals surface area contributed by atoms with Gasteiger partial charge in [-0.25, -0.2) is 0 Å². The Kier molecular flexibility index (Phi) is 5.04. The molecule has 2 N–H and O–H groups in total. The Morgan fingerprint density at radius 1 is 1.00 bits per heavy atom. The normalized spacial score (nSPS) is 16.3. The van der Waals surface area contributed by atoms with E-state index in [9.17, 15) is 24.6 Å². The summed E-state index contributed by atoms with van der Waals surface area (Å²) >= 11 is 0. The van der Waals surface area contributed by atoms with Gasteiger partial charge < -0.3 is 19.7 Å². The maximum absolute atomic E-state index is 12.8. The Labute approximate surface area is 166 Å². The average molecular weight is 397 g/mol. The van der Waals surface area contributed by atoms with Crippen LogP contribution in [-0.2, 0) is 20.9 Å². The van der Waals surface area contributed by atoms with Crippen LogP contribution in [0.5, 0.6) is 11.5 Å². The molecule has 4 rings (SSSR count). The summed E-state index contributed by atoms with van der Waals surface area (Å²) in [5.41, 5.74) is 0.203. The summed E-state index contributed by atoms with van der Waals surface area (Å²) in [5, 5.41) is 20.3. The standard InChI is InChI=1S/C21H19NO7/c23-15-3-1-2-13-18(15)21(27)19-14(20(13)26)8-12(9-16(19)24)11-29-17(25)10-22-4-6-28-7-5-22/h1-3,8-9,23-24H,4-7,10-11H2. The largest absolute Gasteiger partial charge is 0.507 e. The van der Waals surface area contributed by atoms with Gasteiger partial charge in [0.05, 0.1) is 30.9 Å². The molecule has 1 fully saturated rings. The number of fused-ring (bicyclic) bond motifs is 2. The zero-order valence-corrected chi connectivity index (χ0v) is 15.5. The maximum Gasteiger partial charge on any atom is 0.320 e. The second-order valence-electron chi connectivity index (χ2n) is 6.94. The van der Waals surface area contributed by atoms with Gasteiger partial charge in [-0.15, -0.1) is 0 Å². The summed E-state index contributed by atoms with van der Waals surface area (Å²) < 4.78 is 10.5. The second kappa shape index (κ2) is 7.65. The number of nitrogens with zero attached hydrogens (tertiary/aromatic N) is 1. The van der Waals surface area contributed by atoms with Crippen LogP contribution in [0.3, 0.4) is 0 Å². The smallest absolute Gasteiger partial charge is 0.320 e.